The Bertz CT molecular complexity index is 499. The monoisotopic (exact) mass is 312 g/mol. The minimum absolute atomic E-state index is 0.155. The average molecular weight is 312 g/mol. The van der Waals surface area contributed by atoms with E-state index in [0.29, 0.717) is 4.68 Å². The van der Waals surface area contributed by atoms with Crippen molar-refractivity contribution in [1.82, 2.24) is 20.2 Å². The van der Waals surface area contributed by atoms with Crippen molar-refractivity contribution in [3.63, 3.8) is 0 Å². The Kier molecular flexibility index (Phi) is 4.90. The number of alkyl halides is 4. The minimum Gasteiger partial charge on any atom is -0.481 e. The Labute approximate surface area is 118 Å². The summed E-state index contributed by atoms with van der Waals surface area (Å²) in [4.78, 5) is 11.2. The minimum atomic E-state index is -4.53. The second-order valence-corrected chi connectivity index (χ2v) is 5.91. The SMILES string of the molecule is CC(C)(C)CC(Cn1nnnc1C(F)(F)C(F)F)C(=O)O. The zero-order valence-corrected chi connectivity index (χ0v) is 11.7. The topological polar surface area (TPSA) is 80.9 Å². The van der Waals surface area contributed by atoms with E-state index in [1.54, 1.807) is 20.8 Å². The Morgan fingerprint density at radius 2 is 1.90 bits per heavy atom. The molecule has 0 radical (unpaired) electrons. The fourth-order valence-corrected chi connectivity index (χ4v) is 1.84. The van der Waals surface area contributed by atoms with Gasteiger partial charge in [0.2, 0.25) is 5.82 Å². The Balaban J connectivity index is 3.02. The van der Waals surface area contributed by atoms with Crippen LogP contribution < -0.4 is 0 Å². The fourth-order valence-electron chi connectivity index (χ4n) is 1.84. The number of hydrogen-bond acceptors (Lipinski definition) is 4. The fraction of sp³-hybridized carbons (Fsp3) is 0.818. The Hall–Kier alpha value is -1.74. The molecule has 0 aliphatic carbocycles. The van der Waals surface area contributed by atoms with Gasteiger partial charge < -0.3 is 5.11 Å². The van der Waals surface area contributed by atoms with Gasteiger partial charge in [0.05, 0.1) is 12.5 Å². The van der Waals surface area contributed by atoms with E-state index in [9.17, 15) is 22.4 Å². The molecule has 0 saturated heterocycles. The molecular formula is C11H16F4N4O2. The zero-order chi connectivity index (χ0) is 16.4. The van der Waals surface area contributed by atoms with E-state index in [1.165, 1.54) is 0 Å². The van der Waals surface area contributed by atoms with E-state index in [0.717, 1.165) is 0 Å². The Morgan fingerprint density at radius 3 is 2.33 bits per heavy atom. The number of carbonyl (C=O) groups is 1. The summed E-state index contributed by atoms with van der Waals surface area (Å²) in [7, 11) is 0. The second kappa shape index (κ2) is 5.94. The maximum atomic E-state index is 13.3. The predicted octanol–water partition coefficient (Wildman–Crippen LogP) is 2.17. The summed E-state index contributed by atoms with van der Waals surface area (Å²) in [6, 6.07) is 0. The number of halogens is 4. The molecule has 0 saturated carbocycles. The molecule has 0 aliphatic heterocycles. The third-order valence-electron chi connectivity index (χ3n) is 2.71. The van der Waals surface area contributed by atoms with Crippen molar-refractivity contribution in [1.29, 1.82) is 0 Å². The van der Waals surface area contributed by atoms with Gasteiger partial charge in [0.1, 0.15) is 0 Å². The standard InChI is InChI=1S/C11H16F4N4O2/c1-10(2,3)4-6(7(20)21)5-19-9(16-17-18-19)11(14,15)8(12)13/h6,8H,4-5H2,1-3H3,(H,20,21). The molecule has 1 N–H and O–H groups in total. The summed E-state index contributed by atoms with van der Waals surface area (Å²) in [5, 5.41) is 18.1. The molecule has 0 fully saturated rings. The van der Waals surface area contributed by atoms with Crippen molar-refractivity contribution in [2.75, 3.05) is 0 Å². The van der Waals surface area contributed by atoms with Gasteiger partial charge in [0.25, 0.3) is 0 Å². The first-order valence-corrected chi connectivity index (χ1v) is 6.10. The van der Waals surface area contributed by atoms with Crippen LogP contribution in [0.25, 0.3) is 0 Å². The highest BCUT2D eigenvalue weighted by Crippen LogP contribution is 2.33. The number of rotatable bonds is 6. The first kappa shape index (κ1) is 17.3. The third-order valence-corrected chi connectivity index (χ3v) is 2.71. The Morgan fingerprint density at radius 1 is 1.33 bits per heavy atom. The van der Waals surface area contributed by atoms with Crippen LogP contribution >= 0.6 is 0 Å². The van der Waals surface area contributed by atoms with Gasteiger partial charge in [-0.15, -0.1) is 5.10 Å². The van der Waals surface area contributed by atoms with Crippen LogP contribution in [0, 0.1) is 11.3 Å². The summed E-state index contributed by atoms with van der Waals surface area (Å²) in [6.45, 7) is 4.82. The van der Waals surface area contributed by atoms with Crippen LogP contribution in [0.5, 0.6) is 0 Å². The number of carboxylic acid groups (broad SMARTS) is 1. The van der Waals surface area contributed by atoms with E-state index >= 15 is 0 Å². The van der Waals surface area contributed by atoms with Gasteiger partial charge in [0.15, 0.2) is 0 Å². The molecule has 0 amide bonds. The van der Waals surface area contributed by atoms with Crippen LogP contribution in [0.4, 0.5) is 17.6 Å². The van der Waals surface area contributed by atoms with Crippen LogP contribution in [0.3, 0.4) is 0 Å². The van der Waals surface area contributed by atoms with Crippen LogP contribution in [0.2, 0.25) is 0 Å². The van der Waals surface area contributed by atoms with Crippen molar-refractivity contribution < 1.29 is 27.5 Å². The lowest BCUT2D eigenvalue weighted by Crippen LogP contribution is -2.32. The molecule has 0 aliphatic rings. The quantitative estimate of drug-likeness (QED) is 0.814. The first-order chi connectivity index (χ1) is 9.45. The van der Waals surface area contributed by atoms with E-state index in [-0.39, 0.29) is 11.8 Å². The molecule has 1 aromatic rings. The maximum Gasteiger partial charge on any atom is 0.367 e. The molecule has 0 aromatic carbocycles. The van der Waals surface area contributed by atoms with Gasteiger partial charge in [-0.3, -0.25) is 4.79 Å². The van der Waals surface area contributed by atoms with E-state index in [4.69, 9.17) is 5.11 Å². The molecule has 1 aromatic heterocycles. The molecule has 6 nitrogen and oxygen atoms in total. The lowest BCUT2D eigenvalue weighted by atomic mass is 9.84. The lowest BCUT2D eigenvalue weighted by Gasteiger charge is -2.23. The van der Waals surface area contributed by atoms with Crippen LogP contribution in [-0.4, -0.2) is 37.7 Å². The number of hydrogen-bond donors (Lipinski definition) is 1. The van der Waals surface area contributed by atoms with E-state index in [1.807, 2.05) is 0 Å². The van der Waals surface area contributed by atoms with Crippen LogP contribution in [-0.2, 0) is 17.3 Å². The summed E-state index contributed by atoms with van der Waals surface area (Å²) in [6.07, 6.45) is -3.82. The zero-order valence-electron chi connectivity index (χ0n) is 11.7. The second-order valence-electron chi connectivity index (χ2n) is 5.91. The largest absolute Gasteiger partial charge is 0.481 e. The smallest absolute Gasteiger partial charge is 0.367 e. The van der Waals surface area contributed by atoms with Crippen LogP contribution in [0.1, 0.15) is 33.0 Å². The number of aliphatic carboxylic acids is 1. The summed E-state index contributed by atoms with van der Waals surface area (Å²) >= 11 is 0. The highest BCUT2D eigenvalue weighted by Gasteiger charge is 2.48. The summed E-state index contributed by atoms with van der Waals surface area (Å²) in [5.74, 6) is -8.17. The van der Waals surface area contributed by atoms with Gasteiger partial charge in [0, 0.05) is 0 Å². The van der Waals surface area contributed by atoms with Gasteiger partial charge in [-0.05, 0) is 22.3 Å². The molecule has 0 bridgehead atoms. The molecule has 1 unspecified atom stereocenters. The van der Waals surface area contributed by atoms with Crippen molar-refractivity contribution in [2.24, 2.45) is 11.3 Å². The maximum absolute atomic E-state index is 13.3. The van der Waals surface area contributed by atoms with Crippen molar-refractivity contribution in [3.8, 4) is 0 Å². The molecule has 1 rings (SSSR count). The number of aromatic nitrogens is 4. The highest BCUT2D eigenvalue weighted by molar-refractivity contribution is 5.69. The molecule has 1 heterocycles. The molecule has 1 atom stereocenters. The molecule has 0 spiro atoms. The summed E-state index contributed by atoms with van der Waals surface area (Å²) < 4.78 is 51.7. The molecular weight excluding hydrogens is 296 g/mol. The van der Waals surface area contributed by atoms with Crippen molar-refractivity contribution >= 4 is 5.97 Å². The highest BCUT2D eigenvalue weighted by atomic mass is 19.3. The van der Waals surface area contributed by atoms with Gasteiger partial charge in [-0.2, -0.15) is 8.78 Å². The van der Waals surface area contributed by atoms with Gasteiger partial charge in [-0.25, -0.2) is 13.5 Å². The number of nitrogens with zero attached hydrogens (tertiary/aromatic N) is 4. The normalized spacial score (nSPS) is 14.5. The molecule has 120 valence electrons. The average Bonchev–Trinajstić information content (AvgIpc) is 2.74. The lowest BCUT2D eigenvalue weighted by molar-refractivity contribution is -0.147. The van der Waals surface area contributed by atoms with E-state index in [2.05, 4.69) is 15.5 Å². The van der Waals surface area contributed by atoms with Gasteiger partial charge >= 0.3 is 18.3 Å². The number of tetrazole rings is 1. The van der Waals surface area contributed by atoms with Crippen molar-refractivity contribution in [2.45, 2.75) is 46.1 Å². The van der Waals surface area contributed by atoms with E-state index < -0.39 is 36.6 Å². The predicted molar refractivity (Wildman–Crippen MR) is 62.9 cm³/mol. The first-order valence-electron chi connectivity index (χ1n) is 6.10. The number of carboxylic acids is 1. The molecule has 10 heteroatoms. The molecule has 21 heavy (non-hydrogen) atoms. The van der Waals surface area contributed by atoms with Gasteiger partial charge in [-0.1, -0.05) is 20.8 Å². The third kappa shape index (κ3) is 4.36. The van der Waals surface area contributed by atoms with Crippen LogP contribution in [0.15, 0.2) is 0 Å². The summed E-state index contributed by atoms with van der Waals surface area (Å²) in [5.41, 5.74) is -0.386. The van der Waals surface area contributed by atoms with Crippen molar-refractivity contribution in [3.05, 3.63) is 5.82 Å².